The van der Waals surface area contributed by atoms with Crippen molar-refractivity contribution in [2.24, 2.45) is 11.8 Å². The van der Waals surface area contributed by atoms with Crippen LogP contribution < -0.4 is 10.6 Å². The molecule has 0 aromatic heterocycles. The molecule has 35 heavy (non-hydrogen) atoms. The molecule has 7 nitrogen and oxygen atoms in total. The van der Waals surface area contributed by atoms with Crippen LogP contribution in [0.2, 0.25) is 0 Å². The zero-order valence-electron chi connectivity index (χ0n) is 20.4. The predicted octanol–water partition coefficient (Wildman–Crippen LogP) is 2.72. The summed E-state index contributed by atoms with van der Waals surface area (Å²) in [7, 11) is 0. The first-order valence-corrected chi connectivity index (χ1v) is 12.5. The molecule has 192 valence electrons. The van der Waals surface area contributed by atoms with E-state index in [4.69, 9.17) is 11.2 Å². The van der Waals surface area contributed by atoms with Crippen LogP contribution in [0.15, 0.2) is 30.3 Å². The number of carbonyl (C=O) groups excluding carboxylic acids is 3. The van der Waals surface area contributed by atoms with E-state index in [1.54, 1.807) is 0 Å². The number of amides is 2. The minimum atomic E-state index is -0.720. The average molecular weight is 504 g/mol. The number of ether oxygens (including phenoxy) is 1. The number of likely N-dealkylation sites (tertiary alicyclic amines) is 1. The molecule has 8 heteroatoms. The van der Waals surface area contributed by atoms with E-state index in [1.165, 1.54) is 0 Å². The number of nitrogens with zero attached hydrogens (tertiary/aromatic N) is 1. The van der Waals surface area contributed by atoms with Crippen molar-refractivity contribution in [3.63, 3.8) is 0 Å². The zero-order chi connectivity index (χ0) is 24.2. The molecule has 2 heterocycles. The van der Waals surface area contributed by atoms with E-state index >= 15 is 0 Å². The molecule has 2 N–H and O–H groups in total. The Morgan fingerprint density at radius 2 is 1.91 bits per heavy atom. The highest BCUT2D eigenvalue weighted by Crippen LogP contribution is 2.21. The third-order valence-electron chi connectivity index (χ3n) is 6.76. The summed E-state index contributed by atoms with van der Waals surface area (Å²) in [6.07, 6.45) is 11.3. The van der Waals surface area contributed by atoms with Crippen LogP contribution in [-0.2, 0) is 25.5 Å². The van der Waals surface area contributed by atoms with Gasteiger partial charge in [-0.1, -0.05) is 36.3 Å². The summed E-state index contributed by atoms with van der Waals surface area (Å²) in [4.78, 5) is 39.5. The van der Waals surface area contributed by atoms with Gasteiger partial charge in [0, 0.05) is 25.9 Å². The van der Waals surface area contributed by atoms with E-state index in [0.29, 0.717) is 38.3 Å². The first-order chi connectivity index (χ1) is 16.5. The molecule has 2 amide bonds. The van der Waals surface area contributed by atoms with E-state index in [-0.39, 0.29) is 43.2 Å². The van der Waals surface area contributed by atoms with Gasteiger partial charge in [0.05, 0.1) is 18.9 Å². The predicted molar refractivity (Wildman–Crippen MR) is 138 cm³/mol. The monoisotopic (exact) mass is 503 g/mol. The average Bonchev–Trinajstić information content (AvgIpc) is 2.88. The molecule has 2 aliphatic rings. The van der Waals surface area contributed by atoms with E-state index in [1.807, 2.05) is 35.2 Å². The maximum absolute atomic E-state index is 12.8. The summed E-state index contributed by atoms with van der Waals surface area (Å²) in [5.41, 5.74) is 1.09. The van der Waals surface area contributed by atoms with Crippen LogP contribution in [0.3, 0.4) is 0 Å². The molecule has 0 radical (unpaired) electrons. The van der Waals surface area contributed by atoms with Crippen molar-refractivity contribution in [3.8, 4) is 12.3 Å². The molecule has 0 saturated carbocycles. The van der Waals surface area contributed by atoms with Gasteiger partial charge in [-0.3, -0.25) is 14.4 Å². The SMILES string of the molecule is C#CC(CC(=O)OCCc1ccccc1)NC(=O)[C@@H]1CCCN(C(=O)CCC2CCNCC2)C1.Cl. The lowest BCUT2D eigenvalue weighted by Gasteiger charge is -2.33. The van der Waals surface area contributed by atoms with Crippen molar-refractivity contribution in [2.45, 2.75) is 57.4 Å². The fourth-order valence-electron chi connectivity index (χ4n) is 4.67. The number of benzene rings is 1. The van der Waals surface area contributed by atoms with Crippen molar-refractivity contribution in [1.29, 1.82) is 0 Å². The second-order valence-electron chi connectivity index (χ2n) is 9.30. The smallest absolute Gasteiger partial charge is 0.308 e. The van der Waals surface area contributed by atoms with Crippen LogP contribution in [0.25, 0.3) is 0 Å². The Bertz CT molecular complexity index is 852. The van der Waals surface area contributed by atoms with Gasteiger partial charge in [-0.05, 0) is 56.7 Å². The summed E-state index contributed by atoms with van der Waals surface area (Å²) in [5.74, 6) is 2.29. The Kier molecular flexibility index (Phi) is 12.6. The molecule has 0 bridgehead atoms. The zero-order valence-corrected chi connectivity index (χ0v) is 21.2. The van der Waals surface area contributed by atoms with E-state index in [2.05, 4.69) is 16.6 Å². The highest BCUT2D eigenvalue weighted by atomic mass is 35.5. The van der Waals surface area contributed by atoms with Crippen molar-refractivity contribution < 1.29 is 19.1 Å². The second kappa shape index (κ2) is 15.4. The van der Waals surface area contributed by atoms with Crippen LogP contribution >= 0.6 is 12.4 Å². The summed E-state index contributed by atoms with van der Waals surface area (Å²) in [6, 6.07) is 9.05. The first-order valence-electron chi connectivity index (χ1n) is 12.5. The Morgan fingerprint density at radius 1 is 1.17 bits per heavy atom. The van der Waals surface area contributed by atoms with Crippen molar-refractivity contribution >= 4 is 30.2 Å². The molecule has 3 rings (SSSR count). The van der Waals surface area contributed by atoms with Gasteiger partial charge in [0.25, 0.3) is 0 Å². The van der Waals surface area contributed by atoms with Crippen molar-refractivity contribution in [2.75, 3.05) is 32.8 Å². The van der Waals surface area contributed by atoms with Crippen LogP contribution in [0, 0.1) is 24.2 Å². The lowest BCUT2D eigenvalue weighted by molar-refractivity contribution is -0.143. The second-order valence-corrected chi connectivity index (χ2v) is 9.30. The molecule has 0 spiro atoms. The lowest BCUT2D eigenvalue weighted by Crippen LogP contribution is -2.47. The maximum atomic E-state index is 12.8. The first kappa shape index (κ1) is 28.7. The lowest BCUT2D eigenvalue weighted by atomic mass is 9.92. The summed E-state index contributed by atoms with van der Waals surface area (Å²) in [6.45, 7) is 3.44. The minimum Gasteiger partial charge on any atom is -0.465 e. The van der Waals surface area contributed by atoms with Gasteiger partial charge in [-0.15, -0.1) is 18.8 Å². The molecular weight excluding hydrogens is 466 g/mol. The molecule has 1 aromatic carbocycles. The third kappa shape index (κ3) is 9.91. The van der Waals surface area contributed by atoms with Crippen LogP contribution in [0.5, 0.6) is 0 Å². The summed E-state index contributed by atoms with van der Waals surface area (Å²) < 4.78 is 5.29. The summed E-state index contributed by atoms with van der Waals surface area (Å²) >= 11 is 0. The number of carbonyl (C=O) groups is 3. The standard InChI is InChI=1S/C27H37N3O4.ClH/c1-2-24(19-26(32)34-18-14-21-7-4-3-5-8-21)29-27(33)23-9-6-17-30(20-23)25(31)11-10-22-12-15-28-16-13-22;/h1,3-5,7-8,22-24,28H,6,9-20H2,(H,29,33);1H/t23-,24?;/m1./s1. The van der Waals surface area contributed by atoms with E-state index in [0.717, 1.165) is 44.3 Å². The molecule has 2 saturated heterocycles. The van der Waals surface area contributed by atoms with Crippen LogP contribution in [0.4, 0.5) is 0 Å². The molecule has 1 aromatic rings. The van der Waals surface area contributed by atoms with Gasteiger partial charge in [-0.25, -0.2) is 0 Å². The molecule has 1 unspecified atom stereocenters. The van der Waals surface area contributed by atoms with Gasteiger partial charge in [-0.2, -0.15) is 0 Å². The number of esters is 1. The number of nitrogens with one attached hydrogen (secondary N) is 2. The fourth-order valence-corrected chi connectivity index (χ4v) is 4.67. The van der Waals surface area contributed by atoms with Gasteiger partial charge in [0.15, 0.2) is 0 Å². The third-order valence-corrected chi connectivity index (χ3v) is 6.76. The quantitative estimate of drug-likeness (QED) is 0.378. The number of piperidine rings is 2. The van der Waals surface area contributed by atoms with Crippen LogP contribution in [-0.4, -0.2) is 61.5 Å². The normalized spacial score (nSPS) is 19.1. The van der Waals surface area contributed by atoms with E-state index in [9.17, 15) is 14.4 Å². The Labute approximate surface area is 215 Å². The minimum absolute atomic E-state index is 0. The topological polar surface area (TPSA) is 87.7 Å². The van der Waals surface area contributed by atoms with Crippen LogP contribution in [0.1, 0.15) is 50.5 Å². The number of terminal acetylenes is 1. The molecule has 2 fully saturated rings. The summed E-state index contributed by atoms with van der Waals surface area (Å²) in [5, 5.41) is 6.15. The van der Waals surface area contributed by atoms with Gasteiger partial charge >= 0.3 is 5.97 Å². The van der Waals surface area contributed by atoms with Gasteiger partial charge in [0.1, 0.15) is 6.04 Å². The highest BCUT2D eigenvalue weighted by Gasteiger charge is 2.30. The Balaban J connectivity index is 0.00000432. The van der Waals surface area contributed by atoms with Crippen molar-refractivity contribution in [3.05, 3.63) is 35.9 Å². The highest BCUT2D eigenvalue weighted by molar-refractivity contribution is 5.85. The van der Waals surface area contributed by atoms with Gasteiger partial charge < -0.3 is 20.3 Å². The number of rotatable bonds is 10. The molecule has 2 atom stereocenters. The number of halogens is 1. The van der Waals surface area contributed by atoms with E-state index < -0.39 is 12.0 Å². The fraction of sp³-hybridized carbons (Fsp3) is 0.593. The van der Waals surface area contributed by atoms with Gasteiger partial charge in [0.2, 0.25) is 11.8 Å². The molecule has 0 aliphatic carbocycles. The van der Waals surface area contributed by atoms with Crippen molar-refractivity contribution in [1.82, 2.24) is 15.5 Å². The number of hydrogen-bond acceptors (Lipinski definition) is 5. The Morgan fingerprint density at radius 3 is 2.63 bits per heavy atom. The molecular formula is C27H38ClN3O4. The Hall–Kier alpha value is -2.56. The number of hydrogen-bond donors (Lipinski definition) is 2. The largest absolute Gasteiger partial charge is 0.465 e. The maximum Gasteiger partial charge on any atom is 0.308 e. The molecule has 2 aliphatic heterocycles.